The van der Waals surface area contributed by atoms with Gasteiger partial charge in [0.2, 0.25) is 0 Å². The lowest BCUT2D eigenvalue weighted by Crippen LogP contribution is -2.49. The Morgan fingerprint density at radius 1 is 1.30 bits per heavy atom. The number of nitrogens with zero attached hydrogens (tertiary/aromatic N) is 1. The van der Waals surface area contributed by atoms with E-state index < -0.39 is 29.6 Å². The molecule has 1 fully saturated rings. The Kier molecular flexibility index (Phi) is 4.55. The number of nitrogens with one attached hydrogen (secondary N) is 1. The summed E-state index contributed by atoms with van der Waals surface area (Å²) >= 11 is 0. The van der Waals surface area contributed by atoms with Crippen LogP contribution in [0.15, 0.2) is 0 Å². The summed E-state index contributed by atoms with van der Waals surface area (Å²) in [6.45, 7) is 5.58. The van der Waals surface area contributed by atoms with Crippen LogP contribution in [0.1, 0.15) is 27.2 Å². The second-order valence-corrected chi connectivity index (χ2v) is 6.04. The summed E-state index contributed by atoms with van der Waals surface area (Å²) in [6.07, 6.45) is -5.57. The average molecular weight is 296 g/mol. The second kappa shape index (κ2) is 5.49. The highest BCUT2D eigenvalue weighted by atomic mass is 19.4. The van der Waals surface area contributed by atoms with Crippen LogP contribution in [0.25, 0.3) is 0 Å². The van der Waals surface area contributed by atoms with Gasteiger partial charge in [0, 0.05) is 19.1 Å². The first-order chi connectivity index (χ1) is 8.94. The first kappa shape index (κ1) is 16.6. The van der Waals surface area contributed by atoms with Crippen LogP contribution in [0.5, 0.6) is 0 Å². The molecule has 1 rings (SSSR count). The summed E-state index contributed by atoms with van der Waals surface area (Å²) in [5.41, 5.74) is -0.414. The zero-order valence-corrected chi connectivity index (χ0v) is 11.6. The minimum atomic E-state index is -4.91. The van der Waals surface area contributed by atoms with E-state index in [1.165, 1.54) is 4.90 Å². The predicted molar refractivity (Wildman–Crippen MR) is 65.1 cm³/mol. The van der Waals surface area contributed by atoms with Crippen LogP contribution in [0.2, 0.25) is 0 Å². The molecule has 0 spiro atoms. The van der Waals surface area contributed by atoms with Crippen LogP contribution in [0.4, 0.5) is 18.0 Å². The summed E-state index contributed by atoms with van der Waals surface area (Å²) in [7, 11) is 0. The van der Waals surface area contributed by atoms with Crippen molar-refractivity contribution in [3.05, 3.63) is 0 Å². The van der Waals surface area contributed by atoms with E-state index in [4.69, 9.17) is 5.11 Å². The molecule has 8 heteroatoms. The molecule has 1 aliphatic heterocycles. The van der Waals surface area contributed by atoms with Crippen LogP contribution in [-0.4, -0.2) is 47.3 Å². The molecule has 5 nitrogen and oxygen atoms in total. The van der Waals surface area contributed by atoms with Gasteiger partial charge in [-0.1, -0.05) is 20.8 Å². The fraction of sp³-hybridized carbons (Fsp3) is 0.833. The monoisotopic (exact) mass is 296 g/mol. The van der Waals surface area contributed by atoms with Gasteiger partial charge in [-0.15, -0.1) is 0 Å². The highest BCUT2D eigenvalue weighted by Gasteiger charge is 2.45. The maximum absolute atomic E-state index is 12.1. The van der Waals surface area contributed by atoms with E-state index >= 15 is 0 Å². The minimum absolute atomic E-state index is 0.177. The van der Waals surface area contributed by atoms with E-state index in [-0.39, 0.29) is 19.0 Å². The molecule has 0 bridgehead atoms. The molecular weight excluding hydrogens is 277 g/mol. The molecular formula is C12H19F3N2O3. The average Bonchev–Trinajstić information content (AvgIpc) is 2.67. The summed E-state index contributed by atoms with van der Waals surface area (Å²) in [6, 6.07) is -0.423. The largest absolute Gasteiger partial charge is 0.471 e. The SMILES string of the molecule is CC(C)(C)C1[C@H](CNC(=O)C(F)(F)F)CCN1C(=O)O. The molecule has 2 atom stereocenters. The van der Waals surface area contributed by atoms with E-state index in [0.29, 0.717) is 6.42 Å². The number of likely N-dealkylation sites (tertiary alicyclic amines) is 1. The number of rotatable bonds is 2. The Bertz CT molecular complexity index is 390. The van der Waals surface area contributed by atoms with Crippen molar-refractivity contribution < 1.29 is 27.9 Å². The molecule has 116 valence electrons. The summed E-state index contributed by atoms with van der Waals surface area (Å²) in [5, 5.41) is 11.0. The maximum atomic E-state index is 12.1. The van der Waals surface area contributed by atoms with E-state index in [1.807, 2.05) is 26.1 Å². The van der Waals surface area contributed by atoms with Crippen LogP contribution in [0.3, 0.4) is 0 Å². The third-order valence-electron chi connectivity index (χ3n) is 3.44. The number of carboxylic acid groups (broad SMARTS) is 1. The van der Waals surface area contributed by atoms with Gasteiger partial charge in [-0.25, -0.2) is 4.79 Å². The Morgan fingerprint density at radius 3 is 2.25 bits per heavy atom. The number of halogens is 3. The van der Waals surface area contributed by atoms with Crippen LogP contribution < -0.4 is 5.32 Å². The predicted octanol–water partition coefficient (Wildman–Crippen LogP) is 2.08. The lowest BCUT2D eigenvalue weighted by atomic mass is 9.79. The van der Waals surface area contributed by atoms with Crippen molar-refractivity contribution in [2.75, 3.05) is 13.1 Å². The first-order valence-electron chi connectivity index (χ1n) is 6.29. The number of carbonyl (C=O) groups excluding carboxylic acids is 1. The van der Waals surface area contributed by atoms with Crippen molar-refractivity contribution in [2.45, 2.75) is 39.4 Å². The van der Waals surface area contributed by atoms with Crippen molar-refractivity contribution in [3.63, 3.8) is 0 Å². The molecule has 0 radical (unpaired) electrons. The zero-order valence-electron chi connectivity index (χ0n) is 11.6. The Balaban J connectivity index is 2.75. The van der Waals surface area contributed by atoms with Gasteiger partial charge in [0.25, 0.3) is 0 Å². The van der Waals surface area contributed by atoms with E-state index in [9.17, 15) is 22.8 Å². The molecule has 1 heterocycles. The third kappa shape index (κ3) is 3.77. The summed E-state index contributed by atoms with van der Waals surface area (Å²) in [5.74, 6) is -2.31. The Morgan fingerprint density at radius 2 is 1.85 bits per heavy atom. The minimum Gasteiger partial charge on any atom is -0.465 e. The number of hydrogen-bond donors (Lipinski definition) is 2. The summed E-state index contributed by atoms with van der Waals surface area (Å²) < 4.78 is 36.4. The van der Waals surface area contributed by atoms with Crippen molar-refractivity contribution >= 4 is 12.0 Å². The fourth-order valence-corrected chi connectivity index (χ4v) is 2.78. The van der Waals surface area contributed by atoms with E-state index in [0.717, 1.165) is 0 Å². The van der Waals surface area contributed by atoms with Gasteiger partial charge in [0.1, 0.15) is 0 Å². The number of alkyl halides is 3. The van der Waals surface area contributed by atoms with Crippen LogP contribution >= 0.6 is 0 Å². The number of hydrogen-bond acceptors (Lipinski definition) is 2. The van der Waals surface area contributed by atoms with Gasteiger partial charge < -0.3 is 15.3 Å². The van der Waals surface area contributed by atoms with Crippen molar-refractivity contribution in [2.24, 2.45) is 11.3 Å². The van der Waals surface area contributed by atoms with Crippen molar-refractivity contribution in [1.29, 1.82) is 0 Å². The molecule has 1 saturated heterocycles. The van der Waals surface area contributed by atoms with Gasteiger partial charge in [0.15, 0.2) is 0 Å². The van der Waals surface area contributed by atoms with Gasteiger partial charge in [-0.2, -0.15) is 13.2 Å². The van der Waals surface area contributed by atoms with Gasteiger partial charge >= 0.3 is 18.2 Å². The topological polar surface area (TPSA) is 69.6 Å². The van der Waals surface area contributed by atoms with Crippen molar-refractivity contribution in [1.82, 2.24) is 10.2 Å². The maximum Gasteiger partial charge on any atom is 0.471 e. The molecule has 1 aliphatic rings. The zero-order chi connectivity index (χ0) is 15.7. The first-order valence-corrected chi connectivity index (χ1v) is 6.29. The molecule has 0 aromatic carbocycles. The highest BCUT2D eigenvalue weighted by molar-refractivity contribution is 5.81. The normalized spacial score (nSPS) is 23.8. The summed E-state index contributed by atoms with van der Waals surface area (Å²) in [4.78, 5) is 23.2. The van der Waals surface area contributed by atoms with Gasteiger partial charge in [-0.3, -0.25) is 4.79 Å². The molecule has 1 unspecified atom stereocenters. The lowest BCUT2D eigenvalue weighted by Gasteiger charge is -2.37. The third-order valence-corrected chi connectivity index (χ3v) is 3.44. The Hall–Kier alpha value is -1.47. The number of carbonyl (C=O) groups is 2. The quantitative estimate of drug-likeness (QED) is 0.819. The van der Waals surface area contributed by atoms with Crippen LogP contribution in [-0.2, 0) is 4.79 Å². The highest BCUT2D eigenvalue weighted by Crippen LogP contribution is 2.36. The Labute approximate surface area is 115 Å². The van der Waals surface area contributed by atoms with E-state index in [2.05, 4.69) is 0 Å². The van der Waals surface area contributed by atoms with Crippen LogP contribution in [0, 0.1) is 11.3 Å². The molecule has 0 aromatic heterocycles. The molecule has 2 N–H and O–H groups in total. The molecule has 0 saturated carbocycles. The van der Waals surface area contributed by atoms with Gasteiger partial charge in [0.05, 0.1) is 0 Å². The smallest absolute Gasteiger partial charge is 0.465 e. The molecule has 20 heavy (non-hydrogen) atoms. The second-order valence-electron chi connectivity index (χ2n) is 6.04. The molecule has 0 aliphatic carbocycles. The molecule has 0 aromatic rings. The van der Waals surface area contributed by atoms with Gasteiger partial charge in [-0.05, 0) is 17.8 Å². The van der Waals surface area contributed by atoms with E-state index in [1.54, 1.807) is 0 Å². The lowest BCUT2D eigenvalue weighted by molar-refractivity contribution is -0.173. The molecule has 2 amide bonds. The fourth-order valence-electron chi connectivity index (χ4n) is 2.78. The standard InChI is InChI=1S/C12H19F3N2O3/c1-11(2,3)8-7(4-5-17(8)10(19)20)6-16-9(18)12(13,14)15/h7-8H,4-6H2,1-3H3,(H,16,18)(H,19,20)/t7-,8?/m0/s1. The van der Waals surface area contributed by atoms with Crippen molar-refractivity contribution in [3.8, 4) is 0 Å². The number of amides is 2.